The zero-order valence-corrected chi connectivity index (χ0v) is 35.3. The number of allylic oxidation sites excluding steroid dienone is 6. The largest absolute Gasteiger partial charge is 0.303 e. The number of benzene rings is 2. The van der Waals surface area contributed by atoms with E-state index in [9.17, 15) is 0 Å². The summed E-state index contributed by atoms with van der Waals surface area (Å²) in [6.07, 6.45) is 30.5. The zero-order valence-electron chi connectivity index (χ0n) is 35.3. The van der Waals surface area contributed by atoms with Crippen LogP contribution in [0.5, 0.6) is 0 Å². The molecule has 3 aliphatic carbocycles. The highest BCUT2D eigenvalue weighted by Gasteiger charge is 2.38. The fourth-order valence-electron chi connectivity index (χ4n) is 9.95. The Balaban J connectivity index is 1.24. The molecule has 7 aromatic rings. The van der Waals surface area contributed by atoms with E-state index in [1.807, 2.05) is 73.3 Å². The van der Waals surface area contributed by atoms with Crippen molar-refractivity contribution >= 4 is 63.3 Å². The number of nitrogens with zero attached hydrogens (tertiary/aromatic N) is 8. The SMILES string of the molecule is CCC1c2c(c(C3=CC(C)C4C=CC=CC4=N3)c3ccc(N(c4ccccn4)c4ccccn4)cc3c2-c2ccc3c(n2)C=CCC3)C=CC1N(c1ccccn1)c1ccccn1. The lowest BCUT2D eigenvalue weighted by molar-refractivity contribution is 0.571. The standard InChI is InChI=1S/C55H46N8/c1-3-39-48(63(51-22-10-14-32-58-51)52-23-11-15-33-59-52)29-27-42-53(47-34-36(2)40-17-5-7-19-45(40)61-47)41-26-25-38(62(49-20-8-12-30-56-49)50-21-9-13-31-57-50)35-43(41)55(54(39)42)46-28-24-37-16-4-6-18-44(37)60-46/h5-15,17-36,39-40,48H,3-4,16H2,1-2H3. The van der Waals surface area contributed by atoms with E-state index < -0.39 is 0 Å². The highest BCUT2D eigenvalue weighted by molar-refractivity contribution is 6.12. The predicted octanol–water partition coefficient (Wildman–Crippen LogP) is 12.8. The number of rotatable bonds is 9. The fourth-order valence-corrected chi connectivity index (χ4v) is 9.95. The molecule has 4 atom stereocenters. The molecule has 2 aromatic carbocycles. The minimum absolute atomic E-state index is 0.00796. The quantitative estimate of drug-likeness (QED) is 0.143. The van der Waals surface area contributed by atoms with Gasteiger partial charge in [0, 0.05) is 59.1 Å². The van der Waals surface area contributed by atoms with E-state index in [0.29, 0.717) is 0 Å². The summed E-state index contributed by atoms with van der Waals surface area (Å²) in [5, 5.41) is 2.21. The van der Waals surface area contributed by atoms with Crippen LogP contribution in [0.4, 0.5) is 29.0 Å². The van der Waals surface area contributed by atoms with Crippen LogP contribution in [0.25, 0.3) is 39.9 Å². The molecule has 11 rings (SSSR count). The van der Waals surface area contributed by atoms with Crippen molar-refractivity contribution in [2.75, 3.05) is 9.80 Å². The van der Waals surface area contributed by atoms with Crippen molar-refractivity contribution in [1.82, 2.24) is 24.9 Å². The molecule has 8 nitrogen and oxygen atoms in total. The predicted molar refractivity (Wildman–Crippen MR) is 258 cm³/mol. The van der Waals surface area contributed by atoms with Gasteiger partial charge in [-0.2, -0.15) is 0 Å². The number of fused-ring (bicyclic) bond motifs is 4. The summed E-state index contributed by atoms with van der Waals surface area (Å²) in [6.45, 7) is 4.61. The van der Waals surface area contributed by atoms with Gasteiger partial charge in [0.1, 0.15) is 23.3 Å². The van der Waals surface area contributed by atoms with Gasteiger partial charge in [0.2, 0.25) is 0 Å². The van der Waals surface area contributed by atoms with Gasteiger partial charge in [-0.25, -0.2) is 24.9 Å². The minimum atomic E-state index is -0.128. The summed E-state index contributed by atoms with van der Waals surface area (Å²) in [5.74, 6) is 3.72. The van der Waals surface area contributed by atoms with Crippen LogP contribution in [0.1, 0.15) is 60.6 Å². The molecule has 0 bridgehead atoms. The zero-order chi connectivity index (χ0) is 42.3. The normalized spacial score (nSPS) is 19.5. The first-order chi connectivity index (χ1) is 31.1. The number of anilines is 5. The molecule has 6 heterocycles. The molecule has 4 unspecified atom stereocenters. The Hall–Kier alpha value is -7.58. The first-order valence-electron chi connectivity index (χ1n) is 22.0. The van der Waals surface area contributed by atoms with Crippen LogP contribution in [-0.4, -0.2) is 36.7 Å². The van der Waals surface area contributed by atoms with Gasteiger partial charge in [-0.3, -0.25) is 9.89 Å². The number of hydrogen-bond acceptors (Lipinski definition) is 8. The van der Waals surface area contributed by atoms with Crippen LogP contribution >= 0.6 is 0 Å². The topological polar surface area (TPSA) is 83.3 Å². The summed E-state index contributed by atoms with van der Waals surface area (Å²) >= 11 is 0. The van der Waals surface area contributed by atoms with Crippen LogP contribution < -0.4 is 9.80 Å². The van der Waals surface area contributed by atoms with Crippen LogP contribution in [0, 0.1) is 11.8 Å². The van der Waals surface area contributed by atoms with E-state index >= 15 is 0 Å². The fraction of sp³-hybridized carbons (Fsp3) is 0.164. The van der Waals surface area contributed by atoms with E-state index in [0.717, 1.165) is 92.9 Å². The molecule has 0 amide bonds. The van der Waals surface area contributed by atoms with Crippen LogP contribution in [-0.2, 0) is 6.42 Å². The average molecular weight is 819 g/mol. The summed E-state index contributed by atoms with van der Waals surface area (Å²) < 4.78 is 0. The van der Waals surface area contributed by atoms with Crippen LogP contribution in [0.15, 0.2) is 175 Å². The third-order valence-corrected chi connectivity index (χ3v) is 12.8. The number of aliphatic imine (C=N–C) groups is 1. The van der Waals surface area contributed by atoms with Gasteiger partial charge in [0.05, 0.1) is 23.1 Å². The highest BCUT2D eigenvalue weighted by Crippen LogP contribution is 2.51. The minimum Gasteiger partial charge on any atom is -0.303 e. The molecule has 0 N–H and O–H groups in total. The Kier molecular flexibility index (Phi) is 9.96. The number of pyridine rings is 5. The third kappa shape index (κ3) is 6.88. The Bertz CT molecular complexity index is 2950. The molecule has 0 radical (unpaired) electrons. The third-order valence-electron chi connectivity index (χ3n) is 12.8. The van der Waals surface area contributed by atoms with E-state index in [4.69, 9.17) is 29.9 Å². The monoisotopic (exact) mass is 818 g/mol. The van der Waals surface area contributed by atoms with E-state index in [2.05, 4.69) is 133 Å². The average Bonchev–Trinajstić information content (AvgIpc) is 3.34. The van der Waals surface area contributed by atoms with Crippen molar-refractivity contribution in [1.29, 1.82) is 0 Å². The second kappa shape index (κ2) is 16.4. The van der Waals surface area contributed by atoms with Gasteiger partial charge < -0.3 is 4.90 Å². The van der Waals surface area contributed by atoms with Crippen LogP contribution in [0.2, 0.25) is 0 Å². The Morgan fingerprint density at radius 1 is 0.667 bits per heavy atom. The smallest absolute Gasteiger partial charge is 0.138 e. The van der Waals surface area contributed by atoms with E-state index in [1.165, 1.54) is 16.7 Å². The Morgan fingerprint density at radius 3 is 2.03 bits per heavy atom. The lowest BCUT2D eigenvalue weighted by Crippen LogP contribution is -2.38. The van der Waals surface area contributed by atoms with Crippen molar-refractivity contribution in [3.05, 3.63) is 198 Å². The van der Waals surface area contributed by atoms with Gasteiger partial charge in [-0.15, -0.1) is 0 Å². The molecule has 0 spiro atoms. The van der Waals surface area contributed by atoms with Crippen molar-refractivity contribution in [2.45, 2.75) is 45.1 Å². The molecule has 4 aliphatic rings. The number of aryl methyl sites for hydroxylation is 1. The van der Waals surface area contributed by atoms with Gasteiger partial charge in [-0.1, -0.05) is 92.8 Å². The summed E-state index contributed by atoms with van der Waals surface area (Å²) in [4.78, 5) is 35.1. The maximum Gasteiger partial charge on any atom is 0.138 e. The molecule has 0 saturated carbocycles. The molecule has 8 heteroatoms. The highest BCUT2D eigenvalue weighted by atomic mass is 15.3. The maximum atomic E-state index is 5.55. The first kappa shape index (κ1) is 38.3. The molecule has 5 aromatic heterocycles. The summed E-state index contributed by atoms with van der Waals surface area (Å²) in [6, 6.07) is 35.4. The van der Waals surface area contributed by atoms with Crippen molar-refractivity contribution in [3.63, 3.8) is 0 Å². The molecule has 1 aliphatic heterocycles. The van der Waals surface area contributed by atoms with Gasteiger partial charge in [-0.05, 0) is 132 Å². The maximum absolute atomic E-state index is 5.55. The van der Waals surface area contributed by atoms with E-state index in [1.54, 1.807) is 0 Å². The molecular formula is C55H46N8. The summed E-state index contributed by atoms with van der Waals surface area (Å²) in [5.41, 5.74) is 10.9. The molecule has 0 saturated heterocycles. The number of hydrogen-bond donors (Lipinski definition) is 0. The number of aromatic nitrogens is 5. The Morgan fingerprint density at radius 2 is 1.37 bits per heavy atom. The molecular weight excluding hydrogens is 773 g/mol. The van der Waals surface area contributed by atoms with E-state index in [-0.39, 0.29) is 23.8 Å². The van der Waals surface area contributed by atoms with Crippen molar-refractivity contribution < 1.29 is 0 Å². The van der Waals surface area contributed by atoms with Gasteiger partial charge in [0.25, 0.3) is 0 Å². The molecule has 63 heavy (non-hydrogen) atoms. The second-order valence-corrected chi connectivity index (χ2v) is 16.5. The second-order valence-electron chi connectivity index (χ2n) is 16.5. The first-order valence-corrected chi connectivity index (χ1v) is 22.0. The Labute approximate surface area is 368 Å². The van der Waals surface area contributed by atoms with Crippen LogP contribution in [0.3, 0.4) is 0 Å². The van der Waals surface area contributed by atoms with Crippen molar-refractivity contribution in [2.24, 2.45) is 16.8 Å². The van der Waals surface area contributed by atoms with Gasteiger partial charge >= 0.3 is 0 Å². The molecule has 306 valence electrons. The molecule has 0 fully saturated rings. The van der Waals surface area contributed by atoms with Gasteiger partial charge in [0.15, 0.2) is 0 Å². The summed E-state index contributed by atoms with van der Waals surface area (Å²) in [7, 11) is 0. The lowest BCUT2D eigenvalue weighted by Gasteiger charge is -2.40. The van der Waals surface area contributed by atoms with Crippen molar-refractivity contribution in [3.8, 4) is 11.3 Å². The lowest BCUT2D eigenvalue weighted by atomic mass is 9.73.